The van der Waals surface area contributed by atoms with Gasteiger partial charge in [-0.2, -0.15) is 5.10 Å². The first-order valence-corrected chi connectivity index (χ1v) is 6.64. The van der Waals surface area contributed by atoms with Gasteiger partial charge < -0.3 is 4.90 Å². The zero-order valence-corrected chi connectivity index (χ0v) is 10.8. The Hall–Kier alpha value is -1.77. The summed E-state index contributed by atoms with van der Waals surface area (Å²) in [5.74, 6) is 1.86. The Morgan fingerprint density at radius 3 is 2.61 bits per heavy atom. The van der Waals surface area contributed by atoms with Crippen molar-refractivity contribution in [1.82, 2.24) is 10.2 Å². The lowest BCUT2D eigenvalue weighted by atomic mass is 9.87. The number of hydrogen-bond acceptors (Lipinski definition) is 2. The predicted octanol–water partition coefficient (Wildman–Crippen LogP) is 3.10. The van der Waals surface area contributed by atoms with Gasteiger partial charge in [-0.3, -0.25) is 5.10 Å². The summed E-state index contributed by atoms with van der Waals surface area (Å²) in [6.07, 6.45) is 4.27. The molecule has 1 saturated heterocycles. The highest BCUT2D eigenvalue weighted by molar-refractivity contribution is 5.38. The summed E-state index contributed by atoms with van der Waals surface area (Å²) >= 11 is 0. The van der Waals surface area contributed by atoms with Crippen LogP contribution in [0.15, 0.2) is 36.5 Å². The fourth-order valence-corrected chi connectivity index (χ4v) is 2.90. The quantitative estimate of drug-likeness (QED) is 0.876. The summed E-state index contributed by atoms with van der Waals surface area (Å²) in [6, 6.07) is 10.8. The maximum atomic E-state index is 4.02. The van der Waals surface area contributed by atoms with Crippen LogP contribution in [-0.4, -0.2) is 23.3 Å². The van der Waals surface area contributed by atoms with E-state index in [9.17, 15) is 0 Å². The van der Waals surface area contributed by atoms with E-state index < -0.39 is 0 Å². The first-order chi connectivity index (χ1) is 8.84. The third kappa shape index (κ3) is 2.13. The summed E-state index contributed by atoms with van der Waals surface area (Å²) in [7, 11) is 0. The molecule has 1 aromatic heterocycles. The molecule has 0 radical (unpaired) electrons. The van der Waals surface area contributed by atoms with Gasteiger partial charge in [0.2, 0.25) is 0 Å². The molecule has 0 unspecified atom stereocenters. The van der Waals surface area contributed by atoms with Gasteiger partial charge in [0.25, 0.3) is 0 Å². The van der Waals surface area contributed by atoms with Crippen LogP contribution in [0.25, 0.3) is 0 Å². The van der Waals surface area contributed by atoms with Gasteiger partial charge in [-0.1, -0.05) is 24.3 Å². The minimum Gasteiger partial charge on any atom is -0.357 e. The third-order valence-corrected chi connectivity index (χ3v) is 3.95. The Kier molecular flexibility index (Phi) is 3.05. The van der Waals surface area contributed by atoms with E-state index >= 15 is 0 Å². The number of aromatic nitrogens is 2. The molecule has 2 aromatic rings. The van der Waals surface area contributed by atoms with Crippen molar-refractivity contribution < 1.29 is 0 Å². The Bertz CT molecular complexity index is 496. The molecule has 0 atom stereocenters. The Balaban J connectivity index is 1.69. The van der Waals surface area contributed by atoms with Crippen LogP contribution in [-0.2, 0) is 0 Å². The molecule has 1 aliphatic rings. The average Bonchev–Trinajstić information content (AvgIpc) is 2.94. The molecule has 2 heterocycles. The second kappa shape index (κ2) is 4.84. The van der Waals surface area contributed by atoms with Crippen LogP contribution in [0, 0.1) is 6.92 Å². The Morgan fingerprint density at radius 2 is 1.94 bits per heavy atom. The summed E-state index contributed by atoms with van der Waals surface area (Å²) in [6.45, 7) is 4.44. The molecule has 3 nitrogen and oxygen atoms in total. The average molecular weight is 241 g/mol. The number of rotatable bonds is 2. The molecule has 18 heavy (non-hydrogen) atoms. The highest BCUT2D eigenvalue weighted by atomic mass is 15.3. The second-order valence-corrected chi connectivity index (χ2v) is 5.06. The van der Waals surface area contributed by atoms with E-state index in [-0.39, 0.29) is 0 Å². The largest absolute Gasteiger partial charge is 0.357 e. The van der Waals surface area contributed by atoms with Crippen molar-refractivity contribution in [3.8, 4) is 0 Å². The smallest absolute Gasteiger partial charge is 0.123 e. The normalized spacial score (nSPS) is 17.1. The summed E-state index contributed by atoms with van der Waals surface area (Å²) in [4.78, 5) is 2.39. The summed E-state index contributed by atoms with van der Waals surface area (Å²) < 4.78 is 0. The van der Waals surface area contributed by atoms with Gasteiger partial charge in [0.1, 0.15) is 5.82 Å². The van der Waals surface area contributed by atoms with Crippen molar-refractivity contribution in [2.45, 2.75) is 25.7 Å². The lowest BCUT2D eigenvalue weighted by Crippen LogP contribution is -2.33. The highest BCUT2D eigenvalue weighted by Crippen LogP contribution is 2.31. The molecule has 0 amide bonds. The van der Waals surface area contributed by atoms with Crippen molar-refractivity contribution in [1.29, 1.82) is 0 Å². The monoisotopic (exact) mass is 241 g/mol. The molecular weight excluding hydrogens is 222 g/mol. The number of nitrogens with zero attached hydrogens (tertiary/aromatic N) is 2. The first kappa shape index (κ1) is 11.3. The van der Waals surface area contributed by atoms with Crippen molar-refractivity contribution in [2.24, 2.45) is 0 Å². The minimum absolute atomic E-state index is 0.713. The van der Waals surface area contributed by atoms with E-state index in [0.29, 0.717) is 5.92 Å². The molecule has 1 N–H and O–H groups in total. The van der Waals surface area contributed by atoms with Gasteiger partial charge in [0, 0.05) is 19.2 Å². The molecule has 3 rings (SSSR count). The van der Waals surface area contributed by atoms with E-state index in [1.807, 2.05) is 12.3 Å². The van der Waals surface area contributed by atoms with Crippen LogP contribution in [0.2, 0.25) is 0 Å². The Morgan fingerprint density at radius 1 is 1.17 bits per heavy atom. The zero-order chi connectivity index (χ0) is 12.4. The number of H-pyrrole nitrogens is 1. The van der Waals surface area contributed by atoms with Crippen LogP contribution in [0.5, 0.6) is 0 Å². The number of anilines is 1. The van der Waals surface area contributed by atoms with Crippen molar-refractivity contribution in [3.63, 3.8) is 0 Å². The van der Waals surface area contributed by atoms with E-state index in [1.54, 1.807) is 0 Å². The zero-order valence-electron chi connectivity index (χ0n) is 10.8. The number of nitrogens with one attached hydrogen (secondary N) is 1. The van der Waals surface area contributed by atoms with Crippen LogP contribution < -0.4 is 4.90 Å². The van der Waals surface area contributed by atoms with E-state index in [1.165, 1.54) is 24.0 Å². The van der Waals surface area contributed by atoms with Crippen LogP contribution in [0.4, 0.5) is 5.82 Å². The van der Waals surface area contributed by atoms with Crippen molar-refractivity contribution >= 4 is 5.82 Å². The van der Waals surface area contributed by atoms with Crippen LogP contribution in [0.1, 0.15) is 29.9 Å². The lowest BCUT2D eigenvalue weighted by molar-refractivity contribution is 0.501. The third-order valence-electron chi connectivity index (χ3n) is 3.95. The van der Waals surface area contributed by atoms with Gasteiger partial charge in [0.15, 0.2) is 0 Å². The first-order valence-electron chi connectivity index (χ1n) is 6.64. The molecule has 0 spiro atoms. The van der Waals surface area contributed by atoms with E-state index in [0.717, 1.165) is 18.9 Å². The van der Waals surface area contributed by atoms with Crippen LogP contribution >= 0.6 is 0 Å². The maximum Gasteiger partial charge on any atom is 0.123 e. The van der Waals surface area contributed by atoms with Gasteiger partial charge in [-0.25, -0.2) is 0 Å². The number of benzene rings is 1. The molecule has 1 aromatic carbocycles. The lowest BCUT2D eigenvalue weighted by Gasteiger charge is -2.33. The van der Waals surface area contributed by atoms with Crippen LogP contribution in [0.3, 0.4) is 0 Å². The molecule has 3 heteroatoms. The highest BCUT2D eigenvalue weighted by Gasteiger charge is 2.22. The fourth-order valence-electron chi connectivity index (χ4n) is 2.90. The molecule has 0 aliphatic carbocycles. The standard InChI is InChI=1S/C15H19N3/c1-12-4-2-3-5-14(12)13-7-10-18(11-8-13)15-6-9-16-17-15/h2-6,9,13H,7-8,10-11H2,1H3,(H,16,17). The Labute approximate surface area is 108 Å². The number of aromatic amines is 1. The SMILES string of the molecule is Cc1ccccc1C1CCN(c2ccn[nH]2)CC1. The maximum absolute atomic E-state index is 4.02. The second-order valence-electron chi connectivity index (χ2n) is 5.06. The molecule has 0 bridgehead atoms. The van der Waals surface area contributed by atoms with E-state index in [2.05, 4.69) is 46.3 Å². The minimum atomic E-state index is 0.713. The summed E-state index contributed by atoms with van der Waals surface area (Å²) in [5.41, 5.74) is 2.96. The molecular formula is C15H19N3. The summed E-state index contributed by atoms with van der Waals surface area (Å²) in [5, 5.41) is 7.07. The van der Waals surface area contributed by atoms with Crippen molar-refractivity contribution in [3.05, 3.63) is 47.7 Å². The molecule has 0 saturated carbocycles. The van der Waals surface area contributed by atoms with Gasteiger partial charge in [0.05, 0.1) is 6.20 Å². The number of aryl methyl sites for hydroxylation is 1. The van der Waals surface area contributed by atoms with Crippen molar-refractivity contribution in [2.75, 3.05) is 18.0 Å². The number of piperidine rings is 1. The molecule has 1 aliphatic heterocycles. The van der Waals surface area contributed by atoms with Gasteiger partial charge in [-0.15, -0.1) is 0 Å². The van der Waals surface area contributed by atoms with E-state index in [4.69, 9.17) is 0 Å². The topological polar surface area (TPSA) is 31.9 Å². The predicted molar refractivity (Wildman–Crippen MR) is 74.0 cm³/mol. The fraction of sp³-hybridized carbons (Fsp3) is 0.400. The van der Waals surface area contributed by atoms with Gasteiger partial charge in [-0.05, 0) is 36.8 Å². The van der Waals surface area contributed by atoms with Gasteiger partial charge >= 0.3 is 0 Å². The molecule has 1 fully saturated rings. The number of hydrogen-bond donors (Lipinski definition) is 1. The molecule has 94 valence electrons.